The van der Waals surface area contributed by atoms with Crippen LogP contribution < -0.4 is 10.1 Å². The minimum absolute atomic E-state index is 0.0670. The number of rotatable bonds is 4. The number of hydrogen-bond donors (Lipinski definition) is 2. The van der Waals surface area contributed by atoms with Crippen LogP contribution in [0.3, 0.4) is 0 Å². The molecule has 1 fully saturated rings. The summed E-state index contributed by atoms with van der Waals surface area (Å²) in [6.07, 6.45) is -1.54. The molecule has 2 rings (SSSR count). The summed E-state index contributed by atoms with van der Waals surface area (Å²) in [7, 11) is 0. The normalized spacial score (nSPS) is 23.6. The van der Waals surface area contributed by atoms with Gasteiger partial charge in [-0.05, 0) is 18.9 Å². The second kappa shape index (κ2) is 6.45. The molecule has 1 aliphatic rings. The molecule has 1 saturated carbocycles. The Morgan fingerprint density at radius 3 is 2.60 bits per heavy atom. The van der Waals surface area contributed by atoms with E-state index in [2.05, 4.69) is 10.1 Å². The third-order valence-electron chi connectivity index (χ3n) is 3.48. The van der Waals surface area contributed by atoms with Gasteiger partial charge in [-0.3, -0.25) is 0 Å². The van der Waals surface area contributed by atoms with Crippen LogP contribution in [0.25, 0.3) is 0 Å². The third-order valence-corrected chi connectivity index (χ3v) is 3.48. The smallest absolute Gasteiger partial charge is 0.405 e. The SMILES string of the molecule is OC1CCCCC1NCc1ccccc1OC(F)(F)F. The van der Waals surface area contributed by atoms with Crippen LogP contribution in [0.2, 0.25) is 0 Å². The van der Waals surface area contributed by atoms with Gasteiger partial charge in [0, 0.05) is 18.2 Å². The summed E-state index contributed by atoms with van der Waals surface area (Å²) in [4.78, 5) is 0. The van der Waals surface area contributed by atoms with Crippen molar-refractivity contribution in [2.45, 2.75) is 50.7 Å². The van der Waals surface area contributed by atoms with Crippen molar-refractivity contribution >= 4 is 0 Å². The number of benzene rings is 1. The Bertz CT molecular complexity index is 437. The molecule has 2 N–H and O–H groups in total. The van der Waals surface area contributed by atoms with Crippen molar-refractivity contribution in [1.82, 2.24) is 5.32 Å². The highest BCUT2D eigenvalue weighted by atomic mass is 19.4. The molecular formula is C14H18F3NO2. The first kappa shape index (κ1) is 15.1. The first-order valence-electron chi connectivity index (χ1n) is 6.71. The van der Waals surface area contributed by atoms with E-state index in [1.54, 1.807) is 12.1 Å². The Morgan fingerprint density at radius 2 is 1.90 bits per heavy atom. The first-order chi connectivity index (χ1) is 9.46. The molecule has 3 nitrogen and oxygen atoms in total. The predicted molar refractivity (Wildman–Crippen MR) is 68.2 cm³/mol. The molecule has 0 aliphatic heterocycles. The molecular weight excluding hydrogens is 271 g/mol. The highest BCUT2D eigenvalue weighted by molar-refractivity contribution is 5.33. The number of para-hydroxylation sites is 1. The van der Waals surface area contributed by atoms with Gasteiger partial charge in [0.15, 0.2) is 0 Å². The Kier molecular flexibility index (Phi) is 4.88. The lowest BCUT2D eigenvalue weighted by molar-refractivity contribution is -0.274. The number of alkyl halides is 3. The Balaban J connectivity index is 1.98. The van der Waals surface area contributed by atoms with Crippen LogP contribution in [-0.4, -0.2) is 23.6 Å². The van der Waals surface area contributed by atoms with Gasteiger partial charge in [-0.15, -0.1) is 13.2 Å². The van der Waals surface area contributed by atoms with Gasteiger partial charge in [0.1, 0.15) is 5.75 Å². The van der Waals surface area contributed by atoms with Gasteiger partial charge in [-0.2, -0.15) is 0 Å². The fraction of sp³-hybridized carbons (Fsp3) is 0.571. The summed E-state index contributed by atoms with van der Waals surface area (Å²) in [5.74, 6) is -0.196. The number of aliphatic hydroxyl groups excluding tert-OH is 1. The number of aliphatic hydroxyl groups is 1. The van der Waals surface area contributed by atoms with Crippen LogP contribution in [0.5, 0.6) is 5.75 Å². The third kappa shape index (κ3) is 4.38. The van der Waals surface area contributed by atoms with Crippen molar-refractivity contribution in [3.63, 3.8) is 0 Å². The molecule has 0 amide bonds. The molecule has 2 unspecified atom stereocenters. The summed E-state index contributed by atoms with van der Waals surface area (Å²) in [5, 5.41) is 12.9. The highest BCUT2D eigenvalue weighted by Crippen LogP contribution is 2.26. The van der Waals surface area contributed by atoms with Crippen molar-refractivity contribution in [3.8, 4) is 5.75 Å². The zero-order valence-electron chi connectivity index (χ0n) is 11.0. The van der Waals surface area contributed by atoms with E-state index in [0.29, 0.717) is 5.56 Å². The molecule has 112 valence electrons. The van der Waals surface area contributed by atoms with E-state index >= 15 is 0 Å². The van der Waals surface area contributed by atoms with Crippen LogP contribution in [0.4, 0.5) is 13.2 Å². The van der Waals surface area contributed by atoms with Gasteiger partial charge in [0.05, 0.1) is 6.10 Å². The molecule has 1 aromatic rings. The fourth-order valence-electron chi connectivity index (χ4n) is 2.46. The van der Waals surface area contributed by atoms with E-state index in [9.17, 15) is 18.3 Å². The minimum atomic E-state index is -4.69. The van der Waals surface area contributed by atoms with E-state index in [4.69, 9.17) is 0 Å². The Morgan fingerprint density at radius 1 is 1.20 bits per heavy atom. The average molecular weight is 289 g/mol. The second-order valence-electron chi connectivity index (χ2n) is 4.99. The van der Waals surface area contributed by atoms with Crippen LogP contribution >= 0.6 is 0 Å². The van der Waals surface area contributed by atoms with Crippen molar-refractivity contribution in [1.29, 1.82) is 0 Å². The van der Waals surface area contributed by atoms with Crippen LogP contribution in [0.1, 0.15) is 31.2 Å². The topological polar surface area (TPSA) is 41.5 Å². The molecule has 2 atom stereocenters. The fourth-order valence-corrected chi connectivity index (χ4v) is 2.46. The molecule has 0 radical (unpaired) electrons. The van der Waals surface area contributed by atoms with Gasteiger partial charge in [0.25, 0.3) is 0 Å². The van der Waals surface area contributed by atoms with E-state index in [0.717, 1.165) is 25.7 Å². The molecule has 1 aromatic carbocycles. The van der Waals surface area contributed by atoms with Crippen molar-refractivity contribution in [2.24, 2.45) is 0 Å². The van der Waals surface area contributed by atoms with Crippen molar-refractivity contribution < 1.29 is 23.0 Å². The summed E-state index contributed by atoms with van der Waals surface area (Å²) in [6.45, 7) is 0.244. The van der Waals surface area contributed by atoms with E-state index in [1.165, 1.54) is 12.1 Å². The first-order valence-corrected chi connectivity index (χ1v) is 6.71. The lowest BCUT2D eigenvalue weighted by atomic mass is 9.92. The molecule has 0 saturated heterocycles. The highest BCUT2D eigenvalue weighted by Gasteiger charge is 2.32. The molecule has 6 heteroatoms. The van der Waals surface area contributed by atoms with Gasteiger partial charge in [-0.1, -0.05) is 31.0 Å². The molecule has 0 heterocycles. The summed E-state index contributed by atoms with van der Waals surface area (Å²) in [6, 6.07) is 5.98. The van der Waals surface area contributed by atoms with Gasteiger partial charge in [0.2, 0.25) is 0 Å². The zero-order chi connectivity index (χ0) is 14.6. The summed E-state index contributed by atoms with van der Waals surface area (Å²) < 4.78 is 40.9. The lowest BCUT2D eigenvalue weighted by Gasteiger charge is -2.28. The monoisotopic (exact) mass is 289 g/mol. The molecule has 0 spiro atoms. The summed E-state index contributed by atoms with van der Waals surface area (Å²) >= 11 is 0. The number of nitrogens with one attached hydrogen (secondary N) is 1. The maximum absolute atomic E-state index is 12.3. The molecule has 0 bridgehead atoms. The summed E-state index contributed by atoms with van der Waals surface area (Å²) in [5.41, 5.74) is 0.433. The molecule has 1 aliphatic carbocycles. The van der Waals surface area contributed by atoms with Gasteiger partial charge in [-0.25, -0.2) is 0 Å². The molecule has 20 heavy (non-hydrogen) atoms. The maximum Gasteiger partial charge on any atom is 0.573 e. The van der Waals surface area contributed by atoms with Gasteiger partial charge >= 0.3 is 6.36 Å². The second-order valence-corrected chi connectivity index (χ2v) is 4.99. The Hall–Kier alpha value is -1.27. The number of ether oxygens (including phenoxy) is 1. The van der Waals surface area contributed by atoms with E-state index in [1.807, 2.05) is 0 Å². The molecule has 0 aromatic heterocycles. The standard InChI is InChI=1S/C14H18F3NO2/c15-14(16,17)20-13-8-4-1-5-10(13)9-18-11-6-2-3-7-12(11)19/h1,4-5,8,11-12,18-19H,2-3,6-7,9H2. The number of halogens is 3. The van der Waals surface area contributed by atoms with Crippen molar-refractivity contribution in [2.75, 3.05) is 0 Å². The van der Waals surface area contributed by atoms with Crippen LogP contribution in [0, 0.1) is 0 Å². The van der Waals surface area contributed by atoms with E-state index in [-0.39, 0.29) is 18.3 Å². The predicted octanol–water partition coefficient (Wildman–Crippen LogP) is 2.98. The maximum atomic E-state index is 12.3. The average Bonchev–Trinajstić information content (AvgIpc) is 2.37. The zero-order valence-corrected chi connectivity index (χ0v) is 11.0. The largest absolute Gasteiger partial charge is 0.573 e. The van der Waals surface area contributed by atoms with Crippen LogP contribution in [0.15, 0.2) is 24.3 Å². The minimum Gasteiger partial charge on any atom is -0.405 e. The van der Waals surface area contributed by atoms with Crippen molar-refractivity contribution in [3.05, 3.63) is 29.8 Å². The number of hydrogen-bond acceptors (Lipinski definition) is 3. The van der Waals surface area contributed by atoms with E-state index < -0.39 is 12.5 Å². The Labute approximate surface area is 115 Å². The van der Waals surface area contributed by atoms with Crippen LogP contribution in [-0.2, 0) is 6.54 Å². The quantitative estimate of drug-likeness (QED) is 0.895. The lowest BCUT2D eigenvalue weighted by Crippen LogP contribution is -2.41. The van der Waals surface area contributed by atoms with Gasteiger partial charge < -0.3 is 15.2 Å².